The Morgan fingerprint density at radius 2 is 2.00 bits per heavy atom. The average molecular weight is 240 g/mol. The molecule has 1 aromatic heterocycles. The second kappa shape index (κ2) is 4.29. The van der Waals surface area contributed by atoms with Gasteiger partial charge < -0.3 is 10.6 Å². The van der Waals surface area contributed by atoms with E-state index in [1.165, 1.54) is 11.1 Å². The zero-order valence-electron chi connectivity index (χ0n) is 10.4. The Morgan fingerprint density at radius 3 is 2.78 bits per heavy atom. The van der Waals surface area contributed by atoms with E-state index in [2.05, 4.69) is 39.1 Å². The summed E-state index contributed by atoms with van der Waals surface area (Å²) in [6, 6.07) is 10.4. The molecule has 0 spiro atoms. The third kappa shape index (κ3) is 1.90. The molecule has 0 saturated heterocycles. The van der Waals surface area contributed by atoms with Gasteiger partial charge in [-0.3, -0.25) is 0 Å². The Hall–Kier alpha value is -2.10. The molecule has 1 aliphatic rings. The highest BCUT2D eigenvalue weighted by Gasteiger charge is 2.23. The smallest absolute Gasteiger partial charge is 0.222 e. The van der Waals surface area contributed by atoms with Gasteiger partial charge in [0.2, 0.25) is 5.95 Å². The number of aryl methyl sites for hydroxylation is 1. The molecular weight excluding hydrogens is 224 g/mol. The number of fused-ring (bicyclic) bond motifs is 1. The fraction of sp³-hybridized carbons (Fsp3) is 0.286. The average Bonchev–Trinajstić information content (AvgIpc) is 2.74. The molecule has 2 aromatic rings. The molecule has 1 aliphatic heterocycles. The van der Waals surface area contributed by atoms with E-state index in [0.29, 0.717) is 5.95 Å². The third-order valence-corrected chi connectivity index (χ3v) is 3.36. The van der Waals surface area contributed by atoms with Gasteiger partial charge in [0.15, 0.2) is 0 Å². The quantitative estimate of drug-likeness (QED) is 0.871. The molecule has 18 heavy (non-hydrogen) atoms. The summed E-state index contributed by atoms with van der Waals surface area (Å²) in [5.74, 6) is 1.37. The third-order valence-electron chi connectivity index (χ3n) is 3.36. The molecule has 92 valence electrons. The number of nitrogens with two attached hydrogens (primary N) is 1. The lowest BCUT2D eigenvalue weighted by Gasteiger charge is -2.18. The van der Waals surface area contributed by atoms with E-state index in [-0.39, 0.29) is 0 Å². The van der Waals surface area contributed by atoms with Gasteiger partial charge in [0.05, 0.1) is 0 Å². The number of benzene rings is 1. The van der Waals surface area contributed by atoms with E-state index in [0.717, 1.165) is 31.0 Å². The van der Waals surface area contributed by atoms with Crippen molar-refractivity contribution in [2.75, 3.05) is 17.2 Å². The second-order valence-electron chi connectivity index (χ2n) is 4.63. The standard InChI is InChI=1S/C14H16N4/c1-10-12-7-8-18(13(12)17-14(15)16-10)9-11-5-3-2-4-6-11/h2-6H,7-9H2,1H3,(H2,15,16,17). The van der Waals surface area contributed by atoms with Crippen LogP contribution in [0.25, 0.3) is 0 Å². The van der Waals surface area contributed by atoms with Gasteiger partial charge >= 0.3 is 0 Å². The Balaban J connectivity index is 1.91. The highest BCUT2D eigenvalue weighted by molar-refractivity contribution is 5.56. The summed E-state index contributed by atoms with van der Waals surface area (Å²) in [7, 11) is 0. The summed E-state index contributed by atoms with van der Waals surface area (Å²) in [6.45, 7) is 3.87. The summed E-state index contributed by atoms with van der Waals surface area (Å²) in [5, 5.41) is 0. The van der Waals surface area contributed by atoms with Gasteiger partial charge in [-0.1, -0.05) is 30.3 Å². The van der Waals surface area contributed by atoms with E-state index < -0.39 is 0 Å². The first-order chi connectivity index (χ1) is 8.74. The monoisotopic (exact) mass is 240 g/mol. The van der Waals surface area contributed by atoms with E-state index in [1.807, 2.05) is 13.0 Å². The first kappa shape index (κ1) is 11.0. The minimum Gasteiger partial charge on any atom is -0.368 e. The van der Waals surface area contributed by atoms with Gasteiger partial charge in [-0.25, -0.2) is 4.98 Å². The number of aromatic nitrogens is 2. The predicted octanol–water partition coefficient (Wildman–Crippen LogP) is 1.93. The summed E-state index contributed by atoms with van der Waals surface area (Å²) in [4.78, 5) is 10.9. The fourth-order valence-electron chi connectivity index (χ4n) is 2.47. The molecule has 0 radical (unpaired) electrons. The summed E-state index contributed by atoms with van der Waals surface area (Å²) < 4.78 is 0. The predicted molar refractivity (Wildman–Crippen MR) is 72.4 cm³/mol. The van der Waals surface area contributed by atoms with Gasteiger partial charge in [-0.2, -0.15) is 4.98 Å². The molecule has 0 unspecified atom stereocenters. The van der Waals surface area contributed by atoms with Crippen LogP contribution in [0.4, 0.5) is 11.8 Å². The van der Waals surface area contributed by atoms with E-state index in [4.69, 9.17) is 5.73 Å². The number of hydrogen-bond donors (Lipinski definition) is 1. The number of anilines is 2. The van der Waals surface area contributed by atoms with Crippen molar-refractivity contribution in [3.8, 4) is 0 Å². The lowest BCUT2D eigenvalue weighted by molar-refractivity contribution is 0.826. The molecule has 0 aliphatic carbocycles. The van der Waals surface area contributed by atoms with Crippen molar-refractivity contribution in [1.82, 2.24) is 9.97 Å². The molecule has 0 fully saturated rings. The molecule has 0 bridgehead atoms. The number of rotatable bonds is 2. The van der Waals surface area contributed by atoms with Crippen LogP contribution in [0.5, 0.6) is 0 Å². The molecule has 4 nitrogen and oxygen atoms in total. The fourth-order valence-corrected chi connectivity index (χ4v) is 2.47. The maximum Gasteiger partial charge on any atom is 0.222 e. The molecule has 0 amide bonds. The molecular formula is C14H16N4. The van der Waals surface area contributed by atoms with Crippen molar-refractivity contribution < 1.29 is 0 Å². The molecule has 1 aromatic carbocycles. The zero-order chi connectivity index (χ0) is 12.5. The molecule has 2 heterocycles. The molecule has 0 saturated carbocycles. The normalized spacial score (nSPS) is 13.7. The van der Waals surface area contributed by atoms with Gasteiger partial charge in [-0.15, -0.1) is 0 Å². The van der Waals surface area contributed by atoms with Crippen LogP contribution < -0.4 is 10.6 Å². The molecule has 4 heteroatoms. The van der Waals surface area contributed by atoms with E-state index >= 15 is 0 Å². The lowest BCUT2D eigenvalue weighted by Crippen LogP contribution is -2.20. The summed E-state index contributed by atoms with van der Waals surface area (Å²) in [5.41, 5.74) is 9.27. The van der Waals surface area contributed by atoms with Crippen LogP contribution in [0.15, 0.2) is 30.3 Å². The maximum absolute atomic E-state index is 5.74. The van der Waals surface area contributed by atoms with Crippen LogP contribution in [-0.4, -0.2) is 16.5 Å². The van der Waals surface area contributed by atoms with Crippen molar-refractivity contribution in [1.29, 1.82) is 0 Å². The van der Waals surface area contributed by atoms with Gasteiger partial charge in [0.25, 0.3) is 0 Å². The summed E-state index contributed by atoms with van der Waals surface area (Å²) >= 11 is 0. The van der Waals surface area contributed by atoms with Crippen LogP contribution in [-0.2, 0) is 13.0 Å². The zero-order valence-corrected chi connectivity index (χ0v) is 10.4. The van der Waals surface area contributed by atoms with Crippen molar-refractivity contribution in [2.24, 2.45) is 0 Å². The highest BCUT2D eigenvalue weighted by Crippen LogP contribution is 2.29. The van der Waals surface area contributed by atoms with Crippen molar-refractivity contribution in [3.05, 3.63) is 47.2 Å². The molecule has 0 atom stereocenters. The Bertz CT molecular complexity index is 566. The van der Waals surface area contributed by atoms with Gasteiger partial charge in [-0.05, 0) is 18.9 Å². The van der Waals surface area contributed by atoms with Crippen LogP contribution in [0.1, 0.15) is 16.8 Å². The second-order valence-corrected chi connectivity index (χ2v) is 4.63. The SMILES string of the molecule is Cc1nc(N)nc2c1CCN2Cc1ccccc1. The maximum atomic E-state index is 5.74. The van der Waals surface area contributed by atoms with Crippen molar-refractivity contribution in [2.45, 2.75) is 19.9 Å². The minimum atomic E-state index is 0.367. The van der Waals surface area contributed by atoms with Crippen molar-refractivity contribution >= 4 is 11.8 Å². The first-order valence-corrected chi connectivity index (χ1v) is 6.16. The number of nitrogen functional groups attached to an aromatic ring is 1. The number of hydrogen-bond acceptors (Lipinski definition) is 4. The minimum absolute atomic E-state index is 0.367. The largest absolute Gasteiger partial charge is 0.368 e. The highest BCUT2D eigenvalue weighted by atomic mass is 15.2. The van der Waals surface area contributed by atoms with Crippen LogP contribution in [0, 0.1) is 6.92 Å². The first-order valence-electron chi connectivity index (χ1n) is 6.16. The van der Waals surface area contributed by atoms with E-state index in [1.54, 1.807) is 0 Å². The number of nitrogens with zero attached hydrogens (tertiary/aromatic N) is 3. The Morgan fingerprint density at radius 1 is 1.22 bits per heavy atom. The lowest BCUT2D eigenvalue weighted by atomic mass is 10.2. The van der Waals surface area contributed by atoms with Crippen LogP contribution in [0.2, 0.25) is 0 Å². The van der Waals surface area contributed by atoms with Gasteiger partial charge in [0.1, 0.15) is 5.82 Å². The topological polar surface area (TPSA) is 55.0 Å². The summed E-state index contributed by atoms with van der Waals surface area (Å²) in [6.07, 6.45) is 1.01. The van der Waals surface area contributed by atoms with Gasteiger partial charge in [0, 0.05) is 24.3 Å². The van der Waals surface area contributed by atoms with Crippen LogP contribution >= 0.6 is 0 Å². The van der Waals surface area contributed by atoms with Crippen LogP contribution in [0.3, 0.4) is 0 Å². The van der Waals surface area contributed by atoms with Crippen molar-refractivity contribution in [3.63, 3.8) is 0 Å². The Labute approximate surface area is 106 Å². The molecule has 2 N–H and O–H groups in total. The Kier molecular flexibility index (Phi) is 2.63. The van der Waals surface area contributed by atoms with E-state index in [9.17, 15) is 0 Å². The molecule has 3 rings (SSSR count).